The summed E-state index contributed by atoms with van der Waals surface area (Å²) < 4.78 is 15.0. The highest BCUT2D eigenvalue weighted by molar-refractivity contribution is 7.95. The second kappa shape index (κ2) is 5.83. The number of aromatic amines is 1. The number of tetrazole rings is 1. The molecule has 5 rings (SSSR count). The summed E-state index contributed by atoms with van der Waals surface area (Å²) in [6, 6.07) is 3.67. The molecule has 2 aliphatic heterocycles. The average Bonchev–Trinajstić information content (AvgIpc) is 3.48. The third-order valence-corrected chi connectivity index (χ3v) is 4.62. The lowest BCUT2D eigenvalue weighted by molar-refractivity contribution is -0.0914. The van der Waals surface area contributed by atoms with Crippen molar-refractivity contribution in [3.63, 3.8) is 0 Å². The predicted molar refractivity (Wildman–Crippen MR) is 87.8 cm³/mol. The Morgan fingerprint density at radius 1 is 1.24 bits per heavy atom. The highest BCUT2D eigenvalue weighted by Crippen LogP contribution is 2.41. The summed E-state index contributed by atoms with van der Waals surface area (Å²) in [5, 5.41) is 22.1. The van der Waals surface area contributed by atoms with Crippen LogP contribution in [0.5, 0.6) is 0 Å². The molecule has 0 unspecified atom stereocenters. The molecule has 2 aliphatic rings. The lowest BCUT2D eigenvalue weighted by atomic mass is 10.2. The maximum atomic E-state index is 5.42. The van der Waals surface area contributed by atoms with Gasteiger partial charge in [-0.15, -0.1) is 10.2 Å². The zero-order valence-corrected chi connectivity index (χ0v) is 13.9. The second-order valence-corrected chi connectivity index (χ2v) is 6.13. The van der Waals surface area contributed by atoms with Crippen molar-refractivity contribution < 1.29 is 9.36 Å². The Balaban J connectivity index is 1.69. The standard InChI is InChI=1S/C11H8N10O2S2/c1-3-22-15-8(1)19-6-20(21-23-5-12-25-21)10(11-13-17-18-14-11)9(19)7-2-4-24-16-7/h1-5H,6H2,(H,13,14,17,18). The van der Waals surface area contributed by atoms with Gasteiger partial charge in [-0.05, 0) is 22.8 Å². The van der Waals surface area contributed by atoms with Crippen LogP contribution in [0.3, 0.4) is 0 Å². The van der Waals surface area contributed by atoms with Crippen LogP contribution >= 0.6 is 23.7 Å². The van der Waals surface area contributed by atoms with Gasteiger partial charge in [-0.1, -0.05) is 5.16 Å². The van der Waals surface area contributed by atoms with E-state index in [0.29, 0.717) is 24.0 Å². The van der Waals surface area contributed by atoms with Gasteiger partial charge in [0.15, 0.2) is 5.82 Å². The van der Waals surface area contributed by atoms with Gasteiger partial charge >= 0.3 is 0 Å². The number of hydrogen-bond donors (Lipinski definition) is 1. The number of nitrogens with zero attached hydrogens (tertiary/aromatic N) is 9. The molecule has 0 saturated carbocycles. The smallest absolute Gasteiger partial charge is 0.224 e. The molecule has 25 heavy (non-hydrogen) atoms. The number of H-pyrrole nitrogens is 1. The molecule has 5 heterocycles. The van der Waals surface area contributed by atoms with Crippen molar-refractivity contribution in [3.05, 3.63) is 35.3 Å². The number of hydrazine groups is 1. The third kappa shape index (κ3) is 2.34. The van der Waals surface area contributed by atoms with E-state index < -0.39 is 0 Å². The van der Waals surface area contributed by atoms with Gasteiger partial charge in [-0.25, -0.2) is 5.01 Å². The molecular formula is C11H8N10O2S2. The van der Waals surface area contributed by atoms with Gasteiger partial charge < -0.3 is 9.36 Å². The molecule has 0 fully saturated rings. The van der Waals surface area contributed by atoms with E-state index in [1.165, 1.54) is 28.8 Å². The van der Waals surface area contributed by atoms with Crippen LogP contribution in [0, 0.1) is 0 Å². The Morgan fingerprint density at radius 2 is 2.24 bits per heavy atom. The van der Waals surface area contributed by atoms with Gasteiger partial charge in [0, 0.05) is 16.0 Å². The minimum absolute atomic E-state index is 0.375. The summed E-state index contributed by atoms with van der Waals surface area (Å²) in [5.74, 6) is 1.02. The summed E-state index contributed by atoms with van der Waals surface area (Å²) in [7, 11) is 0. The minimum atomic E-state index is 0.375. The fraction of sp³-hybridized carbons (Fsp3) is 0.0909. The number of aromatic nitrogens is 6. The van der Waals surface area contributed by atoms with E-state index >= 15 is 0 Å². The van der Waals surface area contributed by atoms with Gasteiger partial charge in [-0.2, -0.15) is 14.0 Å². The zero-order chi connectivity index (χ0) is 16.6. The molecule has 3 aromatic rings. The Kier molecular flexibility index (Phi) is 3.36. The summed E-state index contributed by atoms with van der Waals surface area (Å²) in [6.07, 6.45) is 2.86. The monoisotopic (exact) mass is 376 g/mol. The first-order valence-electron chi connectivity index (χ1n) is 6.92. The van der Waals surface area contributed by atoms with Crippen molar-refractivity contribution in [1.82, 2.24) is 39.7 Å². The quantitative estimate of drug-likeness (QED) is 0.656. The van der Waals surface area contributed by atoms with Crippen LogP contribution in [-0.4, -0.2) is 52.8 Å². The van der Waals surface area contributed by atoms with Gasteiger partial charge in [0.05, 0.1) is 0 Å². The van der Waals surface area contributed by atoms with Crippen molar-refractivity contribution in [2.75, 3.05) is 11.6 Å². The molecule has 0 radical (unpaired) electrons. The van der Waals surface area contributed by atoms with E-state index in [9.17, 15) is 0 Å². The molecule has 0 aliphatic carbocycles. The van der Waals surface area contributed by atoms with Crippen LogP contribution in [0.2, 0.25) is 0 Å². The Morgan fingerprint density at radius 3 is 2.92 bits per heavy atom. The largest absolute Gasteiger partial charge is 0.363 e. The molecule has 126 valence electrons. The third-order valence-electron chi connectivity index (χ3n) is 3.46. The Labute approximate surface area is 148 Å². The summed E-state index contributed by atoms with van der Waals surface area (Å²) in [4.78, 5) is 7.34. The second-order valence-electron chi connectivity index (χ2n) is 4.78. The zero-order valence-electron chi connectivity index (χ0n) is 12.3. The van der Waals surface area contributed by atoms with Crippen LogP contribution in [0.4, 0.5) is 5.82 Å². The SMILES string of the molecule is C1=NSN(N2CN(c3ccon3)C(c3ccsn3)=C2c2nn[nH]n2)O1. The molecule has 12 nitrogen and oxygen atoms in total. The highest BCUT2D eigenvalue weighted by Gasteiger charge is 2.41. The van der Waals surface area contributed by atoms with Crippen molar-refractivity contribution in [1.29, 1.82) is 0 Å². The number of nitrogens with one attached hydrogen (secondary N) is 1. The molecule has 0 saturated heterocycles. The van der Waals surface area contributed by atoms with Gasteiger partial charge in [0.25, 0.3) is 0 Å². The van der Waals surface area contributed by atoms with Gasteiger partial charge in [-0.3, -0.25) is 4.90 Å². The molecule has 0 spiro atoms. The van der Waals surface area contributed by atoms with Gasteiger partial charge in [0.1, 0.15) is 42.2 Å². The van der Waals surface area contributed by atoms with E-state index in [4.69, 9.17) is 9.36 Å². The van der Waals surface area contributed by atoms with E-state index in [1.54, 1.807) is 6.07 Å². The first kappa shape index (κ1) is 14.4. The van der Waals surface area contributed by atoms with Crippen LogP contribution in [0.1, 0.15) is 11.5 Å². The predicted octanol–water partition coefficient (Wildman–Crippen LogP) is 1.00. The van der Waals surface area contributed by atoms with Crippen molar-refractivity contribution in [2.24, 2.45) is 4.40 Å². The van der Waals surface area contributed by atoms with E-state index in [0.717, 1.165) is 23.5 Å². The molecule has 3 aromatic heterocycles. The molecule has 0 bridgehead atoms. The molecule has 0 aromatic carbocycles. The van der Waals surface area contributed by atoms with Crippen molar-refractivity contribution in [3.8, 4) is 0 Å². The lowest BCUT2D eigenvalue weighted by Crippen LogP contribution is -2.36. The summed E-state index contributed by atoms with van der Waals surface area (Å²) in [6.45, 7) is 0.375. The van der Waals surface area contributed by atoms with Gasteiger partial charge in [0.2, 0.25) is 12.2 Å². The van der Waals surface area contributed by atoms with E-state index in [2.05, 4.69) is 34.6 Å². The van der Waals surface area contributed by atoms with Crippen LogP contribution in [-0.2, 0) is 4.84 Å². The number of rotatable bonds is 4. The number of anilines is 1. The van der Waals surface area contributed by atoms with E-state index in [-0.39, 0.29) is 0 Å². The lowest BCUT2D eigenvalue weighted by Gasteiger charge is -2.25. The maximum absolute atomic E-state index is 5.42. The van der Waals surface area contributed by atoms with E-state index in [1.807, 2.05) is 21.4 Å². The topological polar surface area (TPSA) is 125 Å². The highest BCUT2D eigenvalue weighted by atomic mass is 32.2. The van der Waals surface area contributed by atoms with Crippen LogP contribution in [0.15, 0.2) is 32.7 Å². The summed E-state index contributed by atoms with van der Waals surface area (Å²) >= 11 is 2.48. The summed E-state index contributed by atoms with van der Waals surface area (Å²) in [5.41, 5.74) is 2.16. The fourth-order valence-electron chi connectivity index (χ4n) is 2.51. The molecule has 1 N–H and O–H groups in total. The first-order valence-corrected chi connectivity index (χ1v) is 8.48. The molecule has 0 amide bonds. The van der Waals surface area contributed by atoms with Crippen LogP contribution in [0.25, 0.3) is 11.4 Å². The molecular weight excluding hydrogens is 368 g/mol. The molecule has 0 atom stereocenters. The first-order chi connectivity index (χ1) is 12.4. The average molecular weight is 376 g/mol. The number of hydrogen-bond acceptors (Lipinski definition) is 13. The molecule has 14 heteroatoms. The normalized spacial score (nSPS) is 17.8. The Bertz CT molecular complexity index is 899. The van der Waals surface area contributed by atoms with Crippen molar-refractivity contribution >= 4 is 47.3 Å². The van der Waals surface area contributed by atoms with Crippen molar-refractivity contribution in [2.45, 2.75) is 0 Å². The Hall–Kier alpha value is -2.97. The fourth-order valence-corrected chi connectivity index (χ4v) is 3.48. The van der Waals surface area contributed by atoms with Crippen LogP contribution < -0.4 is 4.90 Å². The maximum Gasteiger partial charge on any atom is 0.224 e. The minimum Gasteiger partial charge on any atom is -0.363 e.